The number of imide groups is 1. The van der Waals surface area contributed by atoms with E-state index in [1.165, 1.54) is 0 Å². The second-order valence-corrected chi connectivity index (χ2v) is 18.4. The van der Waals surface area contributed by atoms with Crippen molar-refractivity contribution in [2.24, 2.45) is 16.7 Å². The number of hydrogen-bond donors (Lipinski definition) is 0. The lowest BCUT2D eigenvalue weighted by Gasteiger charge is -2.65. The van der Waals surface area contributed by atoms with E-state index in [4.69, 9.17) is 21.3 Å². The third-order valence-electron chi connectivity index (χ3n) is 13.4. The molecule has 9 rings (SSSR count). The van der Waals surface area contributed by atoms with E-state index in [0.717, 1.165) is 42.5 Å². The molecule has 2 saturated heterocycles. The highest BCUT2D eigenvalue weighted by Gasteiger charge is 2.67. The van der Waals surface area contributed by atoms with Gasteiger partial charge in [-0.1, -0.05) is 45.2 Å². The fourth-order valence-electron chi connectivity index (χ4n) is 10.7. The number of nitrogens with zero attached hydrogens (tertiary/aromatic N) is 6. The Morgan fingerprint density at radius 2 is 1.56 bits per heavy atom. The topological polar surface area (TPSA) is 144 Å². The van der Waals surface area contributed by atoms with Crippen molar-refractivity contribution in [1.82, 2.24) is 19.7 Å². The Morgan fingerprint density at radius 3 is 2.29 bits per heavy atom. The lowest BCUT2D eigenvalue weighted by molar-refractivity contribution is -0.199. The van der Waals surface area contributed by atoms with E-state index in [1.54, 1.807) is 30.3 Å². The Hall–Kier alpha value is -5.56. The zero-order valence-corrected chi connectivity index (χ0v) is 34.3. The van der Waals surface area contributed by atoms with Gasteiger partial charge in [-0.05, 0) is 61.2 Å². The van der Waals surface area contributed by atoms with Gasteiger partial charge >= 0.3 is 0 Å². The van der Waals surface area contributed by atoms with Crippen molar-refractivity contribution < 1.29 is 28.7 Å². The number of carbonyl (C=O) groups excluding carboxylic acids is 5. The van der Waals surface area contributed by atoms with E-state index in [9.17, 15) is 29.2 Å². The Balaban J connectivity index is 0.781. The summed E-state index contributed by atoms with van der Waals surface area (Å²) in [4.78, 5) is 78.0. The van der Waals surface area contributed by atoms with Crippen molar-refractivity contribution >= 4 is 46.6 Å². The summed E-state index contributed by atoms with van der Waals surface area (Å²) in [6.07, 6.45) is 1.18. The van der Waals surface area contributed by atoms with Gasteiger partial charge in [-0.15, -0.1) is 0 Å². The van der Waals surface area contributed by atoms with Crippen LogP contribution in [-0.2, 0) is 16.1 Å². The van der Waals surface area contributed by atoms with Crippen LogP contribution in [-0.4, -0.2) is 99.4 Å². The van der Waals surface area contributed by atoms with Crippen molar-refractivity contribution in [1.29, 1.82) is 5.26 Å². The molecule has 13 heteroatoms. The highest BCUT2D eigenvalue weighted by atomic mass is 35.5. The van der Waals surface area contributed by atoms with Crippen molar-refractivity contribution in [3.63, 3.8) is 0 Å². The summed E-state index contributed by atoms with van der Waals surface area (Å²) in [7, 11) is 0. The van der Waals surface area contributed by atoms with E-state index < -0.39 is 17.9 Å². The van der Waals surface area contributed by atoms with Gasteiger partial charge in [0.25, 0.3) is 17.7 Å². The zero-order chi connectivity index (χ0) is 41.5. The summed E-state index contributed by atoms with van der Waals surface area (Å²) in [5, 5.41) is 9.60. The number of pyridine rings is 1. The number of Topliss-reactive ketones (excluding diaryl/α,β-unsaturated/α-hetero) is 2. The maximum atomic E-state index is 13.8. The van der Waals surface area contributed by atoms with Crippen LogP contribution < -0.4 is 9.64 Å². The molecule has 4 fully saturated rings. The SMILES string of the molecule is CC1(C)C(Oc2ccc(C#N)c(Cl)c2)C(C)(C)C1N1Cc2nc(C#CC3CN(C4CN(c5ccc6c(c5)C(=O)N(C5CCC(=O)CCCC5=O)C6=O)C4)C3)ccc2C1=O. The largest absolute Gasteiger partial charge is 0.489 e. The Labute approximate surface area is 348 Å². The van der Waals surface area contributed by atoms with Gasteiger partial charge < -0.3 is 14.5 Å². The van der Waals surface area contributed by atoms with Crippen LogP contribution in [0.1, 0.15) is 108 Å². The third kappa shape index (κ3) is 6.48. The first-order valence-electron chi connectivity index (χ1n) is 20.4. The lowest BCUT2D eigenvalue weighted by Crippen LogP contribution is -2.74. The van der Waals surface area contributed by atoms with Gasteiger partial charge in [-0.3, -0.25) is 33.8 Å². The van der Waals surface area contributed by atoms with Gasteiger partial charge in [-0.25, -0.2) is 4.98 Å². The van der Waals surface area contributed by atoms with Crippen LogP contribution >= 0.6 is 11.6 Å². The van der Waals surface area contributed by atoms with Crippen molar-refractivity contribution in [2.75, 3.05) is 31.1 Å². The van der Waals surface area contributed by atoms with Crippen LogP contribution in [0.2, 0.25) is 5.02 Å². The van der Waals surface area contributed by atoms with Gasteiger partial charge in [0.05, 0.1) is 45.6 Å². The number of benzene rings is 2. The molecular formula is C46H45ClN6O6. The number of nitriles is 1. The maximum Gasteiger partial charge on any atom is 0.262 e. The summed E-state index contributed by atoms with van der Waals surface area (Å²) in [5.41, 5.74) is 3.12. The number of ketones is 2. The molecular weight excluding hydrogens is 768 g/mol. The van der Waals surface area contributed by atoms with Crippen molar-refractivity contribution in [3.05, 3.63) is 87.2 Å². The third-order valence-corrected chi connectivity index (χ3v) is 13.7. The fourth-order valence-corrected chi connectivity index (χ4v) is 10.9. The highest BCUT2D eigenvalue weighted by Crippen LogP contribution is 2.59. The molecule has 6 aliphatic rings. The number of hydrogen-bond acceptors (Lipinski definition) is 10. The molecule has 3 aromatic rings. The van der Waals surface area contributed by atoms with E-state index in [2.05, 4.69) is 55.4 Å². The smallest absolute Gasteiger partial charge is 0.262 e. The van der Waals surface area contributed by atoms with Crippen molar-refractivity contribution in [2.45, 2.75) is 90.6 Å². The first-order chi connectivity index (χ1) is 28.1. The average molecular weight is 813 g/mol. The highest BCUT2D eigenvalue weighted by molar-refractivity contribution is 6.31. The lowest BCUT2D eigenvalue weighted by atomic mass is 9.49. The number of aromatic nitrogens is 1. The quantitative estimate of drug-likeness (QED) is 0.225. The van der Waals surface area contributed by atoms with E-state index >= 15 is 0 Å². The minimum absolute atomic E-state index is 0.0375. The monoisotopic (exact) mass is 812 g/mol. The van der Waals surface area contributed by atoms with Crippen molar-refractivity contribution in [3.8, 4) is 23.7 Å². The number of amides is 3. The molecule has 3 amide bonds. The molecule has 4 aliphatic heterocycles. The van der Waals surface area contributed by atoms with Crippen LogP contribution in [0.5, 0.6) is 5.75 Å². The number of fused-ring (bicyclic) bond motifs is 2. The van der Waals surface area contributed by atoms with Gasteiger partial charge in [0.1, 0.15) is 29.4 Å². The van der Waals surface area contributed by atoms with E-state index in [1.807, 2.05) is 23.1 Å². The Bertz CT molecular complexity index is 2430. The molecule has 302 valence electrons. The molecule has 2 aliphatic carbocycles. The molecule has 5 heterocycles. The first kappa shape index (κ1) is 38.9. The van der Waals surface area contributed by atoms with E-state index in [-0.39, 0.29) is 65.6 Å². The molecule has 12 nitrogen and oxygen atoms in total. The molecule has 0 N–H and O–H groups in total. The van der Waals surface area contributed by atoms with Crippen LogP contribution in [0.3, 0.4) is 0 Å². The molecule has 59 heavy (non-hydrogen) atoms. The number of ether oxygens (including phenoxy) is 1. The molecule has 1 atom stereocenters. The molecule has 2 aromatic carbocycles. The van der Waals surface area contributed by atoms with E-state index in [0.29, 0.717) is 64.1 Å². The normalized spacial score (nSPS) is 25.2. The van der Waals surface area contributed by atoms with Crippen LogP contribution in [0.25, 0.3) is 0 Å². The molecule has 1 unspecified atom stereocenters. The Morgan fingerprint density at radius 1 is 0.831 bits per heavy atom. The average Bonchev–Trinajstić information content (AvgIpc) is 3.60. The maximum absolute atomic E-state index is 13.8. The van der Waals surface area contributed by atoms with Gasteiger partial charge in [0.2, 0.25) is 0 Å². The van der Waals surface area contributed by atoms with Gasteiger partial charge in [-0.2, -0.15) is 5.26 Å². The number of anilines is 1. The number of halogens is 1. The van der Waals surface area contributed by atoms with Crippen LogP contribution in [0, 0.1) is 39.9 Å². The molecule has 1 aromatic heterocycles. The minimum Gasteiger partial charge on any atom is -0.489 e. The molecule has 0 spiro atoms. The second-order valence-electron chi connectivity index (χ2n) is 18.0. The molecule has 2 saturated carbocycles. The number of carbonyl (C=O) groups is 5. The van der Waals surface area contributed by atoms with Crippen LogP contribution in [0.15, 0.2) is 48.5 Å². The fraction of sp³-hybridized carbons (Fsp3) is 0.457. The standard InChI is InChI=1S/C46H45ClN6O6/c1-45(2)43(46(3,4)44(45)59-32-14-9-27(20-48)36(47)19-32)52-25-37-34(40(52)56)15-11-28(49-37)10-8-26-21-50(22-26)30-23-51(24-30)29-12-16-33-35(18-29)42(58)53(41(33)57)38-17-13-31(54)6-5-7-39(38)55/h9,11-12,14-16,18-19,26,30,38,43-44H,5-7,13,17,21-25H2,1-4H3. The molecule has 0 bridgehead atoms. The predicted octanol–water partition coefficient (Wildman–Crippen LogP) is 5.68. The van der Waals surface area contributed by atoms with Gasteiger partial charge in [0.15, 0.2) is 5.78 Å². The molecule has 0 radical (unpaired) electrons. The Kier molecular flexibility index (Phi) is 9.45. The summed E-state index contributed by atoms with van der Waals surface area (Å²) in [5.74, 6) is 6.40. The summed E-state index contributed by atoms with van der Waals surface area (Å²) < 4.78 is 6.45. The number of likely N-dealkylation sites (tertiary alicyclic amines) is 1. The second kappa shape index (κ2) is 14.3. The summed E-state index contributed by atoms with van der Waals surface area (Å²) >= 11 is 6.28. The summed E-state index contributed by atoms with van der Waals surface area (Å²) in [6.45, 7) is 12.1. The number of rotatable bonds is 6. The minimum atomic E-state index is -0.893. The summed E-state index contributed by atoms with van der Waals surface area (Å²) in [6, 6.07) is 15.5. The van der Waals surface area contributed by atoms with Gasteiger partial charge in [0, 0.05) is 86.0 Å². The first-order valence-corrected chi connectivity index (χ1v) is 20.8. The van der Waals surface area contributed by atoms with Crippen LogP contribution in [0.4, 0.5) is 5.69 Å². The zero-order valence-electron chi connectivity index (χ0n) is 33.6. The predicted molar refractivity (Wildman–Crippen MR) is 218 cm³/mol.